The molecule has 1 aliphatic heterocycles. The summed E-state index contributed by atoms with van der Waals surface area (Å²) in [5, 5.41) is 0. The molecule has 5 nitrogen and oxygen atoms in total. The predicted octanol–water partition coefficient (Wildman–Crippen LogP) is 2.62. The number of fused-ring (bicyclic) bond motifs is 1. The van der Waals surface area contributed by atoms with Gasteiger partial charge >= 0.3 is 0 Å². The Morgan fingerprint density at radius 3 is 2.82 bits per heavy atom. The number of likely N-dealkylation sites (N-methyl/N-ethyl adjacent to an activating group) is 1. The summed E-state index contributed by atoms with van der Waals surface area (Å²) in [5.74, 6) is 1.56. The van der Waals surface area contributed by atoms with Crippen LogP contribution in [0, 0.1) is 0 Å². The van der Waals surface area contributed by atoms with Gasteiger partial charge in [-0.25, -0.2) is 9.97 Å². The molecule has 1 unspecified atom stereocenters. The van der Waals surface area contributed by atoms with Crippen molar-refractivity contribution in [1.29, 1.82) is 0 Å². The summed E-state index contributed by atoms with van der Waals surface area (Å²) in [7, 11) is 2.18. The standard InChI is InChI=1S/C17H19N5/c1-21-11-3-4-13(12-21)16-20-15-5-2-8-19-17(15)22(16)14-6-9-18-10-7-14/h2,5-10,13H,3-4,11-12H2,1H3. The summed E-state index contributed by atoms with van der Waals surface area (Å²) in [4.78, 5) is 16.0. The Hall–Kier alpha value is -2.27. The molecule has 0 bridgehead atoms. The van der Waals surface area contributed by atoms with E-state index in [0.717, 1.165) is 29.2 Å². The van der Waals surface area contributed by atoms with Crippen molar-refractivity contribution in [1.82, 2.24) is 24.4 Å². The van der Waals surface area contributed by atoms with E-state index in [1.807, 2.05) is 42.9 Å². The van der Waals surface area contributed by atoms with Gasteiger partial charge in [-0.2, -0.15) is 0 Å². The molecule has 0 saturated carbocycles. The van der Waals surface area contributed by atoms with Crippen molar-refractivity contribution in [3.63, 3.8) is 0 Å². The van der Waals surface area contributed by atoms with Crippen molar-refractivity contribution in [2.45, 2.75) is 18.8 Å². The number of nitrogens with zero attached hydrogens (tertiary/aromatic N) is 5. The molecule has 3 aromatic heterocycles. The SMILES string of the molecule is CN1CCCC(c2nc3cccnc3n2-c2ccncc2)C1. The van der Waals surface area contributed by atoms with Gasteiger partial charge in [0.15, 0.2) is 5.65 Å². The third kappa shape index (κ3) is 2.27. The quantitative estimate of drug-likeness (QED) is 0.728. The zero-order chi connectivity index (χ0) is 14.9. The molecule has 0 aromatic carbocycles. The molecule has 4 heterocycles. The van der Waals surface area contributed by atoms with Crippen LogP contribution in [0.2, 0.25) is 0 Å². The second kappa shape index (κ2) is 5.50. The number of rotatable bonds is 2. The monoisotopic (exact) mass is 293 g/mol. The third-order valence-corrected chi connectivity index (χ3v) is 4.35. The number of piperidine rings is 1. The highest BCUT2D eigenvalue weighted by atomic mass is 15.2. The van der Waals surface area contributed by atoms with E-state index in [-0.39, 0.29) is 0 Å². The highest BCUT2D eigenvalue weighted by Gasteiger charge is 2.25. The first-order chi connectivity index (χ1) is 10.8. The summed E-state index contributed by atoms with van der Waals surface area (Å²) < 4.78 is 2.20. The van der Waals surface area contributed by atoms with E-state index < -0.39 is 0 Å². The van der Waals surface area contributed by atoms with Crippen LogP contribution in [0.3, 0.4) is 0 Å². The van der Waals surface area contributed by atoms with Gasteiger partial charge in [0.05, 0.1) is 5.69 Å². The second-order valence-electron chi connectivity index (χ2n) is 5.96. The van der Waals surface area contributed by atoms with Crippen LogP contribution in [-0.2, 0) is 0 Å². The molecule has 0 amide bonds. The second-order valence-corrected chi connectivity index (χ2v) is 5.96. The predicted molar refractivity (Wildman–Crippen MR) is 86.1 cm³/mol. The molecule has 0 spiro atoms. The van der Waals surface area contributed by atoms with Crippen LogP contribution in [0.5, 0.6) is 0 Å². The molecule has 0 radical (unpaired) electrons. The highest BCUT2D eigenvalue weighted by Crippen LogP contribution is 2.30. The lowest BCUT2D eigenvalue weighted by Crippen LogP contribution is -2.32. The Labute approximate surface area is 129 Å². The largest absolute Gasteiger partial charge is 0.306 e. The number of hydrogen-bond acceptors (Lipinski definition) is 4. The molecule has 0 N–H and O–H groups in total. The average Bonchev–Trinajstić information content (AvgIpc) is 2.95. The number of aromatic nitrogens is 4. The van der Waals surface area contributed by atoms with Crippen molar-refractivity contribution in [3.05, 3.63) is 48.7 Å². The lowest BCUT2D eigenvalue weighted by Gasteiger charge is -2.29. The van der Waals surface area contributed by atoms with E-state index in [2.05, 4.69) is 26.5 Å². The average molecular weight is 293 g/mol. The molecular weight excluding hydrogens is 274 g/mol. The fourth-order valence-electron chi connectivity index (χ4n) is 3.33. The van der Waals surface area contributed by atoms with E-state index in [4.69, 9.17) is 4.98 Å². The third-order valence-electron chi connectivity index (χ3n) is 4.35. The summed E-state index contributed by atoms with van der Waals surface area (Å²) >= 11 is 0. The topological polar surface area (TPSA) is 46.8 Å². The summed E-state index contributed by atoms with van der Waals surface area (Å²) in [5.41, 5.74) is 2.97. The van der Waals surface area contributed by atoms with Gasteiger partial charge in [-0.1, -0.05) is 0 Å². The normalized spacial score (nSPS) is 19.6. The maximum Gasteiger partial charge on any atom is 0.164 e. The lowest BCUT2D eigenvalue weighted by atomic mass is 9.97. The van der Waals surface area contributed by atoms with Crippen molar-refractivity contribution in [2.24, 2.45) is 0 Å². The first-order valence-electron chi connectivity index (χ1n) is 7.75. The fourth-order valence-corrected chi connectivity index (χ4v) is 3.33. The van der Waals surface area contributed by atoms with Crippen molar-refractivity contribution >= 4 is 11.2 Å². The lowest BCUT2D eigenvalue weighted by molar-refractivity contribution is 0.245. The molecule has 4 rings (SSSR count). The van der Waals surface area contributed by atoms with Crippen LogP contribution in [0.15, 0.2) is 42.9 Å². The van der Waals surface area contributed by atoms with Gasteiger partial charge in [0.2, 0.25) is 0 Å². The van der Waals surface area contributed by atoms with Gasteiger partial charge in [-0.05, 0) is 50.7 Å². The van der Waals surface area contributed by atoms with E-state index >= 15 is 0 Å². The molecule has 1 aliphatic rings. The minimum absolute atomic E-state index is 0.445. The summed E-state index contributed by atoms with van der Waals surface area (Å²) in [6.45, 7) is 2.22. The maximum absolute atomic E-state index is 4.90. The van der Waals surface area contributed by atoms with Gasteiger partial charge in [0.1, 0.15) is 11.3 Å². The minimum Gasteiger partial charge on any atom is -0.306 e. The molecule has 112 valence electrons. The van der Waals surface area contributed by atoms with Crippen LogP contribution in [0.4, 0.5) is 0 Å². The zero-order valence-electron chi connectivity index (χ0n) is 12.7. The molecule has 0 aliphatic carbocycles. The molecule has 3 aromatic rings. The number of hydrogen-bond donors (Lipinski definition) is 0. The zero-order valence-corrected chi connectivity index (χ0v) is 12.7. The maximum atomic E-state index is 4.90. The van der Waals surface area contributed by atoms with Crippen LogP contribution < -0.4 is 0 Å². The van der Waals surface area contributed by atoms with E-state index in [1.54, 1.807) is 0 Å². The summed E-state index contributed by atoms with van der Waals surface area (Å²) in [6, 6.07) is 8.02. The molecule has 1 fully saturated rings. The van der Waals surface area contributed by atoms with Crippen molar-refractivity contribution in [3.8, 4) is 5.69 Å². The fraction of sp³-hybridized carbons (Fsp3) is 0.353. The summed E-state index contributed by atoms with van der Waals surface area (Å²) in [6.07, 6.45) is 7.87. The Bertz CT molecular complexity index is 780. The van der Waals surface area contributed by atoms with Crippen LogP contribution in [-0.4, -0.2) is 44.6 Å². The van der Waals surface area contributed by atoms with Gasteiger partial charge in [-0.3, -0.25) is 9.55 Å². The Kier molecular flexibility index (Phi) is 3.35. The molecule has 5 heteroatoms. The smallest absolute Gasteiger partial charge is 0.164 e. The van der Waals surface area contributed by atoms with E-state index in [0.29, 0.717) is 5.92 Å². The van der Waals surface area contributed by atoms with Crippen LogP contribution in [0.25, 0.3) is 16.9 Å². The van der Waals surface area contributed by atoms with Gasteiger partial charge < -0.3 is 4.90 Å². The molecular formula is C17H19N5. The molecule has 22 heavy (non-hydrogen) atoms. The molecule has 1 saturated heterocycles. The Morgan fingerprint density at radius 1 is 1.14 bits per heavy atom. The Balaban J connectivity index is 1.90. The van der Waals surface area contributed by atoms with Gasteiger partial charge in [0, 0.05) is 31.1 Å². The first-order valence-corrected chi connectivity index (χ1v) is 7.75. The molecule has 1 atom stereocenters. The number of pyridine rings is 2. The van der Waals surface area contributed by atoms with Gasteiger partial charge in [-0.15, -0.1) is 0 Å². The van der Waals surface area contributed by atoms with Crippen molar-refractivity contribution in [2.75, 3.05) is 20.1 Å². The number of imidazole rings is 1. The van der Waals surface area contributed by atoms with E-state index in [9.17, 15) is 0 Å². The van der Waals surface area contributed by atoms with Crippen molar-refractivity contribution < 1.29 is 0 Å². The minimum atomic E-state index is 0.445. The Morgan fingerprint density at radius 2 is 2.00 bits per heavy atom. The number of likely N-dealkylation sites (tertiary alicyclic amines) is 1. The first kappa shape index (κ1) is 13.4. The van der Waals surface area contributed by atoms with Crippen LogP contribution in [0.1, 0.15) is 24.6 Å². The highest BCUT2D eigenvalue weighted by molar-refractivity contribution is 5.74. The van der Waals surface area contributed by atoms with Gasteiger partial charge in [0.25, 0.3) is 0 Å². The van der Waals surface area contributed by atoms with E-state index in [1.165, 1.54) is 19.4 Å². The van der Waals surface area contributed by atoms with Crippen LogP contribution >= 0.6 is 0 Å².